The van der Waals surface area contributed by atoms with Crippen LogP contribution in [-0.2, 0) is 15.5 Å². The summed E-state index contributed by atoms with van der Waals surface area (Å²) in [6, 6.07) is 0. The summed E-state index contributed by atoms with van der Waals surface area (Å²) in [4.78, 5) is 0. The molecule has 0 aromatic heterocycles. The van der Waals surface area contributed by atoms with Gasteiger partial charge < -0.3 is 0 Å². The fourth-order valence-corrected chi connectivity index (χ4v) is 1.03. The first-order chi connectivity index (χ1) is 4.54. The van der Waals surface area contributed by atoms with Crippen molar-refractivity contribution in [3.8, 4) is 0 Å². The molecule has 0 rings (SSSR count). The van der Waals surface area contributed by atoms with Gasteiger partial charge in [-0.2, -0.15) is 4.21 Å². The fourth-order valence-electron chi connectivity index (χ4n) is 0.510. The smallest absolute Gasteiger partial charge is 0.284 e. The summed E-state index contributed by atoms with van der Waals surface area (Å²) in [6.45, 7) is 3.60. The molecule has 5 heteroatoms. The van der Waals surface area contributed by atoms with Crippen molar-refractivity contribution < 1.29 is 12.9 Å². The Bertz CT molecular complexity index is 124. The topological polar surface area (TPSA) is 46.5 Å². The Morgan fingerprint density at radius 2 is 2.00 bits per heavy atom. The van der Waals surface area contributed by atoms with Gasteiger partial charge in [0.25, 0.3) is 0 Å². The summed E-state index contributed by atoms with van der Waals surface area (Å²) in [5.74, 6) is 0. The van der Waals surface area contributed by atoms with Crippen LogP contribution in [0.4, 0.5) is 0 Å². The van der Waals surface area contributed by atoms with Crippen LogP contribution >= 0.6 is 0 Å². The van der Waals surface area contributed by atoms with Crippen molar-refractivity contribution in [1.29, 1.82) is 0 Å². The second kappa shape index (κ2) is 4.11. The lowest BCUT2D eigenvalue weighted by molar-refractivity contribution is 0.151. The SMILES string of the molecule is [B]C(CC)(CC)OS(=O)O. The standard InChI is InChI=1S/C5H11BO3S/c1-3-5(6,4-2)9-10(7)8/h3-4H2,1-2H3,(H,7,8). The van der Waals surface area contributed by atoms with Crippen LogP contribution in [0.15, 0.2) is 0 Å². The van der Waals surface area contributed by atoms with E-state index in [9.17, 15) is 4.21 Å². The molecule has 10 heavy (non-hydrogen) atoms. The minimum absolute atomic E-state index is 0.524. The molecule has 0 saturated heterocycles. The second-order valence-corrected chi connectivity index (χ2v) is 2.67. The first-order valence-electron chi connectivity index (χ1n) is 3.13. The van der Waals surface area contributed by atoms with Crippen molar-refractivity contribution in [2.45, 2.75) is 32.2 Å². The van der Waals surface area contributed by atoms with Gasteiger partial charge in [-0.1, -0.05) is 13.8 Å². The molecule has 0 aromatic rings. The lowest BCUT2D eigenvalue weighted by atomic mass is 9.77. The maximum Gasteiger partial charge on any atom is 0.301 e. The number of rotatable bonds is 4. The molecule has 0 fully saturated rings. The van der Waals surface area contributed by atoms with E-state index in [4.69, 9.17) is 12.4 Å². The van der Waals surface area contributed by atoms with Gasteiger partial charge in [-0.3, -0.25) is 8.74 Å². The largest absolute Gasteiger partial charge is 0.301 e. The Balaban J connectivity index is 3.92. The van der Waals surface area contributed by atoms with Crippen molar-refractivity contribution >= 4 is 19.2 Å². The summed E-state index contributed by atoms with van der Waals surface area (Å²) >= 11 is -2.26. The maximum atomic E-state index is 10.1. The van der Waals surface area contributed by atoms with Crippen molar-refractivity contribution in [1.82, 2.24) is 0 Å². The van der Waals surface area contributed by atoms with Crippen molar-refractivity contribution in [3.63, 3.8) is 0 Å². The maximum absolute atomic E-state index is 10.1. The molecule has 2 radical (unpaired) electrons. The monoisotopic (exact) mass is 162 g/mol. The molecule has 0 aliphatic heterocycles. The van der Waals surface area contributed by atoms with E-state index in [1.807, 2.05) is 0 Å². The Hall–Kier alpha value is 0.135. The zero-order valence-electron chi connectivity index (χ0n) is 6.16. The highest BCUT2D eigenvalue weighted by molar-refractivity contribution is 7.74. The molecule has 1 N–H and O–H groups in total. The van der Waals surface area contributed by atoms with E-state index >= 15 is 0 Å². The van der Waals surface area contributed by atoms with Crippen LogP contribution in [0, 0.1) is 0 Å². The molecular formula is C5H11BO3S. The average Bonchev–Trinajstić information content (AvgIpc) is 1.87. The van der Waals surface area contributed by atoms with Crippen molar-refractivity contribution in [2.24, 2.45) is 0 Å². The third-order valence-corrected chi connectivity index (χ3v) is 1.91. The zero-order valence-corrected chi connectivity index (χ0v) is 6.98. The minimum Gasteiger partial charge on any atom is -0.284 e. The van der Waals surface area contributed by atoms with Crippen LogP contribution in [0.25, 0.3) is 0 Å². The molecule has 0 spiro atoms. The molecular weight excluding hydrogens is 151 g/mol. The van der Waals surface area contributed by atoms with E-state index in [1.54, 1.807) is 13.8 Å². The Kier molecular flexibility index (Phi) is 4.16. The fraction of sp³-hybridized carbons (Fsp3) is 1.00. The molecule has 0 heterocycles. The van der Waals surface area contributed by atoms with Gasteiger partial charge in [-0.05, 0) is 12.8 Å². The third-order valence-electron chi connectivity index (χ3n) is 1.43. The number of hydrogen-bond acceptors (Lipinski definition) is 2. The highest BCUT2D eigenvalue weighted by Gasteiger charge is 2.22. The summed E-state index contributed by atoms with van der Waals surface area (Å²) in [6.07, 6.45) is 1.05. The summed E-state index contributed by atoms with van der Waals surface area (Å²) in [5, 5.41) is 0. The number of hydrogen-bond donors (Lipinski definition) is 1. The molecule has 0 aromatic carbocycles. The van der Waals surface area contributed by atoms with E-state index < -0.39 is 16.9 Å². The minimum atomic E-state index is -2.26. The van der Waals surface area contributed by atoms with Gasteiger partial charge in [0.15, 0.2) is 0 Å². The van der Waals surface area contributed by atoms with Gasteiger partial charge in [0.05, 0.1) is 0 Å². The Labute approximate surface area is 65.1 Å². The van der Waals surface area contributed by atoms with Crippen molar-refractivity contribution in [2.75, 3.05) is 0 Å². The van der Waals surface area contributed by atoms with Crippen LogP contribution in [0.3, 0.4) is 0 Å². The molecule has 1 atom stereocenters. The molecule has 3 nitrogen and oxygen atoms in total. The van der Waals surface area contributed by atoms with Gasteiger partial charge in [0, 0.05) is 5.50 Å². The van der Waals surface area contributed by atoms with E-state index in [0.29, 0.717) is 12.8 Å². The Morgan fingerprint density at radius 1 is 1.60 bits per heavy atom. The van der Waals surface area contributed by atoms with Gasteiger partial charge in [-0.15, -0.1) is 0 Å². The van der Waals surface area contributed by atoms with Crippen LogP contribution in [0.1, 0.15) is 26.7 Å². The predicted molar refractivity (Wildman–Crippen MR) is 40.9 cm³/mol. The summed E-state index contributed by atoms with van der Waals surface area (Å²) in [5.41, 5.74) is -0.945. The van der Waals surface area contributed by atoms with E-state index in [0.717, 1.165) is 0 Å². The molecule has 0 aliphatic rings. The lowest BCUT2D eigenvalue weighted by Crippen LogP contribution is -2.31. The first-order valence-corrected chi connectivity index (χ1v) is 4.16. The average molecular weight is 162 g/mol. The molecule has 0 amide bonds. The van der Waals surface area contributed by atoms with Gasteiger partial charge >= 0.3 is 11.4 Å². The second-order valence-electron chi connectivity index (χ2n) is 2.07. The first kappa shape index (κ1) is 10.1. The quantitative estimate of drug-likeness (QED) is 0.491. The highest BCUT2D eigenvalue weighted by Crippen LogP contribution is 2.16. The normalized spacial score (nSPS) is 15.1. The van der Waals surface area contributed by atoms with Gasteiger partial charge in [-0.25, -0.2) is 0 Å². The van der Waals surface area contributed by atoms with Gasteiger partial charge in [0.2, 0.25) is 0 Å². The summed E-state index contributed by atoms with van der Waals surface area (Å²) < 4.78 is 23.0. The van der Waals surface area contributed by atoms with E-state index in [2.05, 4.69) is 4.18 Å². The molecule has 1 unspecified atom stereocenters. The summed E-state index contributed by atoms with van der Waals surface area (Å²) in [7, 11) is 5.52. The van der Waals surface area contributed by atoms with Crippen LogP contribution in [-0.4, -0.2) is 22.1 Å². The van der Waals surface area contributed by atoms with Crippen LogP contribution < -0.4 is 0 Å². The van der Waals surface area contributed by atoms with E-state index in [1.165, 1.54) is 0 Å². The van der Waals surface area contributed by atoms with Crippen molar-refractivity contribution in [3.05, 3.63) is 0 Å². The molecule has 0 bridgehead atoms. The van der Waals surface area contributed by atoms with Crippen LogP contribution in [0.5, 0.6) is 0 Å². The third kappa shape index (κ3) is 3.34. The predicted octanol–water partition coefficient (Wildman–Crippen LogP) is 0.825. The molecule has 58 valence electrons. The molecule has 0 aliphatic carbocycles. The van der Waals surface area contributed by atoms with E-state index in [-0.39, 0.29) is 0 Å². The van der Waals surface area contributed by atoms with Crippen LogP contribution in [0.2, 0.25) is 0 Å². The van der Waals surface area contributed by atoms with Gasteiger partial charge in [0.1, 0.15) is 7.85 Å². The highest BCUT2D eigenvalue weighted by atomic mass is 32.2. The zero-order chi connectivity index (χ0) is 8.20. The molecule has 0 saturated carbocycles. The Morgan fingerprint density at radius 3 is 2.10 bits per heavy atom. The lowest BCUT2D eigenvalue weighted by Gasteiger charge is -2.24.